The molecule has 0 atom stereocenters. The van der Waals surface area contributed by atoms with Crippen molar-refractivity contribution >= 4 is 124 Å². The van der Waals surface area contributed by atoms with Gasteiger partial charge in [0.15, 0.2) is 0 Å². The minimum atomic E-state index is -0.220. The summed E-state index contributed by atoms with van der Waals surface area (Å²) in [6.45, 7) is 18.2. The van der Waals surface area contributed by atoms with Gasteiger partial charge in [-0.3, -0.25) is 0 Å². The lowest BCUT2D eigenvalue weighted by Gasteiger charge is -2.45. The molecule has 0 saturated carbocycles. The van der Waals surface area contributed by atoms with Crippen LogP contribution in [0.25, 0.3) is 60.4 Å². The number of benzene rings is 11. The molecule has 0 radical (unpaired) electrons. The number of anilines is 9. The van der Waals surface area contributed by atoms with E-state index in [1.165, 1.54) is 60.8 Å². The minimum Gasteiger partial charge on any atom is -0.461 e. The maximum atomic E-state index is 6.79. The van der Waals surface area contributed by atoms with Crippen molar-refractivity contribution < 1.29 is 8.83 Å². The number of rotatable bonds is 9. The van der Waals surface area contributed by atoms with Crippen molar-refractivity contribution in [2.24, 2.45) is 0 Å². The molecule has 0 amide bonds. The highest BCUT2D eigenvalue weighted by atomic mass is 16.3. The summed E-state index contributed by atoms with van der Waals surface area (Å²) in [6, 6.07) is 87.6. The van der Waals surface area contributed by atoms with E-state index in [9.17, 15) is 0 Å². The van der Waals surface area contributed by atoms with Crippen LogP contribution in [-0.2, 0) is 10.8 Å². The van der Waals surface area contributed by atoms with E-state index in [0.29, 0.717) is 0 Å². The van der Waals surface area contributed by atoms with Crippen LogP contribution in [0.4, 0.5) is 51.2 Å². The molecule has 0 saturated heterocycles. The highest BCUT2D eigenvalue weighted by molar-refractivity contribution is 7.00. The van der Waals surface area contributed by atoms with Gasteiger partial charge in [0.1, 0.15) is 22.5 Å². The second-order valence-corrected chi connectivity index (χ2v) is 25.1. The van der Waals surface area contributed by atoms with Crippen molar-refractivity contribution in [1.29, 1.82) is 0 Å². The van der Waals surface area contributed by atoms with Crippen molar-refractivity contribution in [2.75, 3.05) is 14.7 Å². The summed E-state index contributed by atoms with van der Waals surface area (Å²) in [4.78, 5) is 7.58. The van der Waals surface area contributed by atoms with Gasteiger partial charge < -0.3 is 23.5 Å². The summed E-state index contributed by atoms with van der Waals surface area (Å²) in [7, 11) is 0. The van der Waals surface area contributed by atoms with E-state index in [2.05, 4.69) is 313 Å². The van der Waals surface area contributed by atoms with Gasteiger partial charge in [0.2, 0.25) is 0 Å². The Hall–Kier alpha value is -9.78. The van der Waals surface area contributed by atoms with Crippen LogP contribution in [0.15, 0.2) is 251 Å². The lowest BCUT2D eigenvalue weighted by Crippen LogP contribution is -2.61. The first-order chi connectivity index (χ1) is 41.3. The Morgan fingerprint density at radius 3 is 1.81 bits per heavy atom. The van der Waals surface area contributed by atoms with Gasteiger partial charge in [-0.1, -0.05) is 200 Å². The Morgan fingerprint density at radius 2 is 1.09 bits per heavy atom. The van der Waals surface area contributed by atoms with Crippen molar-refractivity contribution in [2.45, 2.75) is 72.6 Å². The van der Waals surface area contributed by atoms with Gasteiger partial charge in [0.05, 0.1) is 5.69 Å². The zero-order chi connectivity index (χ0) is 57.9. The van der Waals surface area contributed by atoms with E-state index in [1.54, 1.807) is 0 Å². The molecule has 85 heavy (non-hydrogen) atoms. The summed E-state index contributed by atoms with van der Waals surface area (Å²) >= 11 is 0. The van der Waals surface area contributed by atoms with Gasteiger partial charge in [0.25, 0.3) is 6.71 Å². The van der Waals surface area contributed by atoms with E-state index in [-0.39, 0.29) is 17.5 Å². The molecule has 11 aromatic carbocycles. The van der Waals surface area contributed by atoms with E-state index >= 15 is 0 Å². The Bertz CT molecular complexity index is 4810. The van der Waals surface area contributed by atoms with E-state index in [4.69, 9.17) is 8.83 Å². The SMILES string of the molecule is CC/C=C(/c1ccc(N2c3ccc(C(C)(C)C)cc3B3c4ccc(N(c5ccccc5)c5ccc6ccccc6c5-c5ccccc5)cc4N(c4ccc5c(c4)oc4ccccc45)c4cc(C(C)(C)C)cc2c43)cc1)c1c(C)oc2ccccc12. The smallest absolute Gasteiger partial charge is 0.252 e. The summed E-state index contributed by atoms with van der Waals surface area (Å²) in [6.07, 6.45) is 3.24. The molecule has 2 aliphatic heterocycles. The quantitative estimate of drug-likeness (QED) is 0.135. The monoisotopic (exact) mass is 1100 g/mol. The molecule has 5 nitrogen and oxygen atoms in total. The molecule has 15 rings (SSSR count). The lowest BCUT2D eigenvalue weighted by molar-refractivity contribution is 0.577. The fourth-order valence-electron chi connectivity index (χ4n) is 13.7. The third-order valence-electron chi connectivity index (χ3n) is 17.8. The summed E-state index contributed by atoms with van der Waals surface area (Å²) in [5, 5.41) is 5.74. The van der Waals surface area contributed by atoms with Gasteiger partial charge in [-0.25, -0.2) is 0 Å². The first kappa shape index (κ1) is 52.1. The van der Waals surface area contributed by atoms with Crippen LogP contribution in [0.1, 0.15) is 82.9 Å². The first-order valence-corrected chi connectivity index (χ1v) is 30.0. The van der Waals surface area contributed by atoms with Crippen molar-refractivity contribution in [3.8, 4) is 11.1 Å². The zero-order valence-corrected chi connectivity index (χ0v) is 49.5. The molecule has 412 valence electrons. The second kappa shape index (κ2) is 20.0. The largest absolute Gasteiger partial charge is 0.461 e. The van der Waals surface area contributed by atoms with E-state index in [0.717, 1.165) is 102 Å². The van der Waals surface area contributed by atoms with Gasteiger partial charge >= 0.3 is 0 Å². The molecular weight excluding hydrogens is 1030 g/mol. The van der Waals surface area contributed by atoms with E-state index < -0.39 is 0 Å². The summed E-state index contributed by atoms with van der Waals surface area (Å²) < 4.78 is 13.2. The maximum absolute atomic E-state index is 6.79. The molecule has 6 heteroatoms. The topological polar surface area (TPSA) is 36.0 Å². The van der Waals surface area contributed by atoms with Gasteiger partial charge in [-0.05, 0) is 164 Å². The Kier molecular flexibility index (Phi) is 12.2. The number of aryl methyl sites for hydroxylation is 1. The zero-order valence-electron chi connectivity index (χ0n) is 49.5. The number of para-hydroxylation sites is 3. The van der Waals surface area contributed by atoms with Gasteiger partial charge in [-0.2, -0.15) is 0 Å². The molecular formula is C79H66BN3O2. The lowest BCUT2D eigenvalue weighted by atomic mass is 9.33. The maximum Gasteiger partial charge on any atom is 0.252 e. The predicted molar refractivity (Wildman–Crippen MR) is 361 cm³/mol. The third kappa shape index (κ3) is 8.60. The van der Waals surface area contributed by atoms with Crippen LogP contribution in [0, 0.1) is 6.92 Å². The van der Waals surface area contributed by atoms with Crippen LogP contribution in [0.2, 0.25) is 0 Å². The van der Waals surface area contributed by atoms with Gasteiger partial charge in [0, 0.05) is 78.9 Å². The standard InChI is InChI=1S/C79H66BN3O2/c1-9-22-60(75-50(2)84-73-32-21-19-30-64(73)75)52-33-37-57(38-34-52)82-67-44-36-54(78(3,4)5)45-66(67)80-65-42-40-58(81(56-26-14-11-15-27-56)68-43-35-51-23-16-17-28-61(51)76(68)53-24-12-10-13-25-53)48-69(65)83(71-47-55(79(6,7)8)46-70(82)77(71)80)59-39-41-63-62-29-18-20-31-72(62)85-74(63)49-59/h10-49H,9H2,1-8H3/b60-22-. The van der Waals surface area contributed by atoms with Crippen molar-refractivity contribution in [3.63, 3.8) is 0 Å². The molecule has 0 aliphatic carbocycles. The fourth-order valence-corrected chi connectivity index (χ4v) is 13.7. The average Bonchev–Trinajstić information content (AvgIpc) is 1.54. The number of hydrogen-bond donors (Lipinski definition) is 0. The van der Waals surface area contributed by atoms with Crippen LogP contribution in [0.5, 0.6) is 0 Å². The predicted octanol–water partition coefficient (Wildman–Crippen LogP) is 20.4. The molecule has 2 aromatic heterocycles. The Labute approximate surface area is 498 Å². The third-order valence-corrected chi connectivity index (χ3v) is 17.8. The average molecular weight is 1100 g/mol. The minimum absolute atomic E-state index is 0.111. The molecule has 13 aromatic rings. The number of allylic oxidation sites excluding steroid dienone is 1. The second-order valence-electron chi connectivity index (χ2n) is 25.1. The van der Waals surface area contributed by atoms with Crippen LogP contribution in [0.3, 0.4) is 0 Å². The Morgan fingerprint density at radius 1 is 0.471 bits per heavy atom. The van der Waals surface area contributed by atoms with Crippen LogP contribution >= 0.6 is 0 Å². The van der Waals surface area contributed by atoms with Crippen LogP contribution in [-0.4, -0.2) is 6.71 Å². The number of hydrogen-bond acceptors (Lipinski definition) is 5. The number of nitrogens with zero attached hydrogens (tertiary/aromatic N) is 3. The Balaban J connectivity index is 0.999. The van der Waals surface area contributed by atoms with Crippen molar-refractivity contribution in [1.82, 2.24) is 0 Å². The molecule has 4 heterocycles. The number of furan rings is 2. The molecule has 0 unspecified atom stereocenters. The molecule has 0 fully saturated rings. The highest BCUT2D eigenvalue weighted by Crippen LogP contribution is 2.51. The molecule has 0 N–H and O–H groups in total. The van der Waals surface area contributed by atoms with Crippen molar-refractivity contribution in [3.05, 3.63) is 271 Å². The number of fused-ring (bicyclic) bond motifs is 9. The fraction of sp³-hybridized carbons (Fsp3) is 0.139. The van der Waals surface area contributed by atoms with Gasteiger partial charge in [-0.15, -0.1) is 0 Å². The highest BCUT2D eigenvalue weighted by Gasteiger charge is 2.45. The molecule has 0 bridgehead atoms. The summed E-state index contributed by atoms with van der Waals surface area (Å²) in [5.41, 5.74) is 24.5. The summed E-state index contributed by atoms with van der Waals surface area (Å²) in [5.74, 6) is 0.927. The molecule has 2 aliphatic rings. The first-order valence-electron chi connectivity index (χ1n) is 30.0. The van der Waals surface area contributed by atoms with Crippen LogP contribution < -0.4 is 31.1 Å². The normalized spacial score (nSPS) is 13.2. The molecule has 0 spiro atoms. The van der Waals surface area contributed by atoms with E-state index in [1.807, 2.05) is 0 Å².